The lowest BCUT2D eigenvalue weighted by atomic mass is 10.2. The van der Waals surface area contributed by atoms with Crippen LogP contribution in [0.2, 0.25) is 5.02 Å². The lowest BCUT2D eigenvalue weighted by molar-refractivity contribution is 0.556. The molecule has 0 bridgehead atoms. The van der Waals surface area contributed by atoms with Gasteiger partial charge in [-0.15, -0.1) is 0 Å². The molecule has 1 aromatic carbocycles. The van der Waals surface area contributed by atoms with Crippen molar-refractivity contribution < 1.29 is 12.8 Å². The van der Waals surface area contributed by atoms with Gasteiger partial charge in [0.15, 0.2) is 9.84 Å². The van der Waals surface area contributed by atoms with E-state index in [0.29, 0.717) is 13.1 Å². The van der Waals surface area contributed by atoms with Gasteiger partial charge < -0.3 is 5.32 Å². The van der Waals surface area contributed by atoms with Gasteiger partial charge in [-0.1, -0.05) is 17.7 Å². The highest BCUT2D eigenvalue weighted by molar-refractivity contribution is 7.92. The molecule has 3 nitrogen and oxygen atoms in total. The van der Waals surface area contributed by atoms with Gasteiger partial charge in [0.1, 0.15) is 5.82 Å². The van der Waals surface area contributed by atoms with E-state index in [4.69, 9.17) is 11.6 Å². The van der Waals surface area contributed by atoms with E-state index < -0.39 is 20.4 Å². The lowest BCUT2D eigenvalue weighted by Crippen LogP contribution is -2.34. The molecule has 1 rings (SSSR count). The second-order valence-corrected chi connectivity index (χ2v) is 8.63. The van der Waals surface area contributed by atoms with Crippen molar-refractivity contribution in [1.82, 2.24) is 5.32 Å². The summed E-state index contributed by atoms with van der Waals surface area (Å²) in [6, 6.07) is 4.44. The van der Waals surface area contributed by atoms with Crippen molar-refractivity contribution in [3.05, 3.63) is 34.6 Å². The molecular weight excluding hydrogens is 289 g/mol. The van der Waals surface area contributed by atoms with Gasteiger partial charge in [0.2, 0.25) is 0 Å². The van der Waals surface area contributed by atoms with E-state index in [-0.39, 0.29) is 10.8 Å². The van der Waals surface area contributed by atoms with Gasteiger partial charge in [-0.05, 0) is 38.5 Å². The Kier molecular flexibility index (Phi) is 5.35. The average Bonchev–Trinajstić information content (AvgIpc) is 2.27. The Labute approximate surface area is 119 Å². The summed E-state index contributed by atoms with van der Waals surface area (Å²) in [4.78, 5) is 0. The molecule has 1 aromatic rings. The van der Waals surface area contributed by atoms with Crippen molar-refractivity contribution in [2.24, 2.45) is 0 Å². The van der Waals surface area contributed by atoms with Crippen molar-refractivity contribution in [3.8, 4) is 0 Å². The fourth-order valence-electron chi connectivity index (χ4n) is 1.40. The minimum Gasteiger partial charge on any atom is -0.312 e. The molecule has 0 aromatic heterocycles. The van der Waals surface area contributed by atoms with Gasteiger partial charge in [-0.3, -0.25) is 0 Å². The monoisotopic (exact) mass is 307 g/mol. The highest BCUT2D eigenvalue weighted by Gasteiger charge is 2.27. The molecular formula is C13H19ClFNO2S. The predicted octanol–water partition coefficient (Wildman–Crippen LogP) is 2.78. The van der Waals surface area contributed by atoms with Crippen molar-refractivity contribution in [2.45, 2.75) is 32.1 Å². The van der Waals surface area contributed by atoms with Crippen LogP contribution in [0.4, 0.5) is 4.39 Å². The van der Waals surface area contributed by atoms with Gasteiger partial charge >= 0.3 is 0 Å². The van der Waals surface area contributed by atoms with Crippen LogP contribution in [-0.2, 0) is 16.4 Å². The van der Waals surface area contributed by atoms with Gasteiger partial charge in [-0.2, -0.15) is 0 Å². The molecule has 0 saturated heterocycles. The number of sulfone groups is 1. The summed E-state index contributed by atoms with van der Waals surface area (Å²) < 4.78 is 35.9. The zero-order valence-corrected chi connectivity index (χ0v) is 12.9. The van der Waals surface area contributed by atoms with Crippen LogP contribution in [0.1, 0.15) is 26.3 Å². The van der Waals surface area contributed by atoms with Crippen molar-refractivity contribution in [3.63, 3.8) is 0 Å². The number of rotatable bonds is 5. The van der Waals surface area contributed by atoms with Gasteiger partial charge in [-0.25, -0.2) is 12.8 Å². The third kappa shape index (κ3) is 4.75. The maximum Gasteiger partial charge on any atom is 0.156 e. The Balaban J connectivity index is 2.46. The third-order valence-electron chi connectivity index (χ3n) is 2.79. The Hall–Kier alpha value is -0.650. The molecule has 1 N–H and O–H groups in total. The Morgan fingerprint density at radius 1 is 1.32 bits per heavy atom. The summed E-state index contributed by atoms with van der Waals surface area (Å²) in [5, 5.41) is 3.09. The summed E-state index contributed by atoms with van der Waals surface area (Å²) in [6.45, 7) is 5.86. The third-order valence-corrected chi connectivity index (χ3v) is 5.69. The van der Waals surface area contributed by atoms with Crippen molar-refractivity contribution >= 4 is 21.4 Å². The van der Waals surface area contributed by atoms with Crippen LogP contribution < -0.4 is 5.32 Å². The maximum atomic E-state index is 12.9. The molecule has 0 spiro atoms. The molecule has 0 radical (unpaired) electrons. The summed E-state index contributed by atoms with van der Waals surface area (Å²) in [6.07, 6.45) is 0. The topological polar surface area (TPSA) is 46.2 Å². The number of halogens is 2. The zero-order valence-electron chi connectivity index (χ0n) is 11.3. The summed E-state index contributed by atoms with van der Waals surface area (Å²) >= 11 is 5.66. The SMILES string of the molecule is CC(C)(C)S(=O)(=O)CCNCc1ccc(F)c(Cl)c1. The predicted molar refractivity (Wildman–Crippen MR) is 76.7 cm³/mol. The van der Waals surface area contributed by atoms with Crippen LogP contribution in [0.15, 0.2) is 18.2 Å². The van der Waals surface area contributed by atoms with E-state index in [1.54, 1.807) is 26.8 Å². The molecule has 108 valence electrons. The fourth-order valence-corrected chi connectivity index (χ4v) is 2.62. The second-order valence-electron chi connectivity index (χ2n) is 5.36. The molecule has 0 aliphatic heterocycles. The quantitative estimate of drug-likeness (QED) is 0.851. The van der Waals surface area contributed by atoms with Crippen LogP contribution in [0.25, 0.3) is 0 Å². The van der Waals surface area contributed by atoms with Crippen LogP contribution in [0.3, 0.4) is 0 Å². The van der Waals surface area contributed by atoms with Gasteiger partial charge in [0.25, 0.3) is 0 Å². The molecule has 19 heavy (non-hydrogen) atoms. The number of hydrogen-bond acceptors (Lipinski definition) is 3. The molecule has 0 unspecified atom stereocenters. The first-order valence-electron chi connectivity index (χ1n) is 6.00. The fraction of sp³-hybridized carbons (Fsp3) is 0.538. The molecule has 0 heterocycles. The second kappa shape index (κ2) is 6.20. The lowest BCUT2D eigenvalue weighted by Gasteiger charge is -2.19. The van der Waals surface area contributed by atoms with E-state index >= 15 is 0 Å². The van der Waals surface area contributed by atoms with E-state index in [9.17, 15) is 12.8 Å². The molecule has 0 amide bonds. The largest absolute Gasteiger partial charge is 0.312 e. The normalized spacial score (nSPS) is 12.7. The molecule has 0 fully saturated rings. The van der Waals surface area contributed by atoms with Gasteiger partial charge in [0.05, 0.1) is 15.5 Å². The summed E-state index contributed by atoms with van der Waals surface area (Å²) in [7, 11) is -3.12. The molecule has 0 aliphatic rings. The first-order valence-corrected chi connectivity index (χ1v) is 8.03. The van der Waals surface area contributed by atoms with Crippen LogP contribution in [-0.4, -0.2) is 25.5 Å². The molecule has 0 aliphatic carbocycles. The smallest absolute Gasteiger partial charge is 0.156 e. The van der Waals surface area contributed by atoms with E-state index in [1.165, 1.54) is 12.1 Å². The maximum absolute atomic E-state index is 12.9. The number of benzene rings is 1. The first-order chi connectivity index (χ1) is 8.63. The van der Waals surface area contributed by atoms with E-state index in [1.807, 2.05) is 0 Å². The van der Waals surface area contributed by atoms with Crippen LogP contribution in [0, 0.1) is 5.82 Å². The zero-order chi connectivity index (χ0) is 14.7. The van der Waals surface area contributed by atoms with Gasteiger partial charge in [0, 0.05) is 13.1 Å². The Morgan fingerprint density at radius 2 is 1.95 bits per heavy atom. The van der Waals surface area contributed by atoms with Crippen molar-refractivity contribution in [2.75, 3.05) is 12.3 Å². The highest BCUT2D eigenvalue weighted by atomic mass is 35.5. The minimum atomic E-state index is -3.12. The van der Waals surface area contributed by atoms with E-state index in [0.717, 1.165) is 5.56 Å². The minimum absolute atomic E-state index is 0.0709. The van der Waals surface area contributed by atoms with Crippen LogP contribution in [0.5, 0.6) is 0 Å². The molecule has 0 atom stereocenters. The summed E-state index contributed by atoms with van der Waals surface area (Å²) in [5.74, 6) is -0.383. The molecule has 6 heteroatoms. The Morgan fingerprint density at radius 3 is 2.47 bits per heavy atom. The number of nitrogens with one attached hydrogen (secondary N) is 1. The number of hydrogen-bond donors (Lipinski definition) is 1. The molecule has 0 saturated carbocycles. The van der Waals surface area contributed by atoms with E-state index in [2.05, 4.69) is 5.32 Å². The average molecular weight is 308 g/mol. The Bertz CT molecular complexity index is 538. The van der Waals surface area contributed by atoms with Crippen molar-refractivity contribution in [1.29, 1.82) is 0 Å². The first kappa shape index (κ1) is 16.4. The summed E-state index contributed by atoms with van der Waals surface area (Å²) in [5.41, 5.74) is 0.819. The van der Waals surface area contributed by atoms with Crippen LogP contribution >= 0.6 is 11.6 Å². The standard InChI is InChI=1S/C13H19ClFNO2S/c1-13(2,3)19(17,18)7-6-16-9-10-4-5-12(15)11(14)8-10/h4-5,8,16H,6-7,9H2,1-3H3. The highest BCUT2D eigenvalue weighted by Crippen LogP contribution is 2.16.